The summed E-state index contributed by atoms with van der Waals surface area (Å²) in [7, 11) is 0. The van der Waals surface area contributed by atoms with Gasteiger partial charge in [-0.15, -0.1) is 5.10 Å². The SMILES string of the molecule is Cc1ccc(Cl)cc1-n1nnnc1-c1cccc(N)c1Br. The molecule has 0 aliphatic carbocycles. The third-order valence-corrected chi connectivity index (χ3v) is 4.26. The van der Waals surface area contributed by atoms with Crippen LogP contribution in [0.3, 0.4) is 0 Å². The van der Waals surface area contributed by atoms with Crippen LogP contribution in [-0.2, 0) is 0 Å². The molecule has 2 aromatic carbocycles. The number of hydrogen-bond acceptors (Lipinski definition) is 4. The summed E-state index contributed by atoms with van der Waals surface area (Å²) in [6.45, 7) is 1.98. The minimum absolute atomic E-state index is 0.597. The first kappa shape index (κ1) is 14.0. The van der Waals surface area contributed by atoms with Crippen molar-refractivity contribution in [2.45, 2.75) is 6.92 Å². The maximum absolute atomic E-state index is 6.08. The maximum atomic E-state index is 6.08. The lowest BCUT2D eigenvalue weighted by Crippen LogP contribution is -2.03. The van der Waals surface area contributed by atoms with E-state index in [4.69, 9.17) is 17.3 Å². The van der Waals surface area contributed by atoms with E-state index in [1.54, 1.807) is 4.68 Å². The minimum Gasteiger partial charge on any atom is -0.398 e. The Morgan fingerprint density at radius 2 is 2.05 bits per heavy atom. The fourth-order valence-electron chi connectivity index (χ4n) is 2.05. The van der Waals surface area contributed by atoms with E-state index in [0.717, 1.165) is 21.3 Å². The summed E-state index contributed by atoms with van der Waals surface area (Å²) in [5.74, 6) is 0.597. The summed E-state index contributed by atoms with van der Waals surface area (Å²) < 4.78 is 2.42. The summed E-state index contributed by atoms with van der Waals surface area (Å²) in [6, 6.07) is 11.2. The van der Waals surface area contributed by atoms with Crippen molar-refractivity contribution >= 4 is 33.2 Å². The highest BCUT2D eigenvalue weighted by atomic mass is 79.9. The van der Waals surface area contributed by atoms with Crippen LogP contribution in [0.15, 0.2) is 40.9 Å². The van der Waals surface area contributed by atoms with E-state index >= 15 is 0 Å². The highest BCUT2D eigenvalue weighted by Gasteiger charge is 2.16. The molecule has 0 radical (unpaired) electrons. The molecular formula is C14H11BrClN5. The van der Waals surface area contributed by atoms with Gasteiger partial charge in [0.1, 0.15) is 0 Å². The van der Waals surface area contributed by atoms with Gasteiger partial charge in [-0.05, 0) is 63.1 Å². The Labute approximate surface area is 134 Å². The molecule has 0 spiro atoms. The minimum atomic E-state index is 0.597. The Bertz CT molecular complexity index is 798. The fourth-order valence-corrected chi connectivity index (χ4v) is 2.66. The Morgan fingerprint density at radius 3 is 2.86 bits per heavy atom. The average Bonchev–Trinajstić information content (AvgIpc) is 2.93. The molecular weight excluding hydrogens is 354 g/mol. The molecule has 0 unspecified atom stereocenters. The van der Waals surface area contributed by atoms with Crippen LogP contribution >= 0.6 is 27.5 Å². The Kier molecular flexibility index (Phi) is 3.65. The van der Waals surface area contributed by atoms with Crippen molar-refractivity contribution in [2.24, 2.45) is 0 Å². The van der Waals surface area contributed by atoms with Crippen molar-refractivity contribution in [3.8, 4) is 17.1 Å². The second-order valence-corrected chi connectivity index (χ2v) is 5.78. The molecule has 0 aliphatic heterocycles. The van der Waals surface area contributed by atoms with Gasteiger partial charge in [0.15, 0.2) is 5.82 Å². The fraction of sp³-hybridized carbons (Fsp3) is 0.0714. The molecule has 21 heavy (non-hydrogen) atoms. The number of nitrogens with zero attached hydrogens (tertiary/aromatic N) is 4. The van der Waals surface area contributed by atoms with Crippen LogP contribution in [0.4, 0.5) is 5.69 Å². The van der Waals surface area contributed by atoms with Crippen LogP contribution in [0.25, 0.3) is 17.1 Å². The van der Waals surface area contributed by atoms with Gasteiger partial charge in [-0.2, -0.15) is 4.68 Å². The summed E-state index contributed by atoms with van der Waals surface area (Å²) in [6.07, 6.45) is 0. The van der Waals surface area contributed by atoms with Crippen molar-refractivity contribution in [1.82, 2.24) is 20.2 Å². The third-order valence-electron chi connectivity index (χ3n) is 3.14. The van der Waals surface area contributed by atoms with Gasteiger partial charge in [-0.1, -0.05) is 23.7 Å². The van der Waals surface area contributed by atoms with Crippen LogP contribution in [0, 0.1) is 6.92 Å². The molecule has 0 amide bonds. The Balaban J connectivity index is 2.22. The molecule has 2 N–H and O–H groups in total. The smallest absolute Gasteiger partial charge is 0.188 e. The standard InChI is InChI=1S/C14H11BrClN5/c1-8-5-6-9(16)7-12(8)21-14(18-19-20-21)10-3-2-4-11(17)13(10)15/h2-7H,17H2,1H3. The topological polar surface area (TPSA) is 69.6 Å². The summed E-state index contributed by atoms with van der Waals surface area (Å²) in [4.78, 5) is 0. The van der Waals surface area contributed by atoms with E-state index in [2.05, 4.69) is 31.5 Å². The van der Waals surface area contributed by atoms with E-state index in [1.165, 1.54) is 0 Å². The predicted octanol–water partition coefficient (Wildman–Crippen LogP) is 3.64. The van der Waals surface area contributed by atoms with Gasteiger partial charge in [0, 0.05) is 16.3 Å². The molecule has 3 aromatic rings. The quantitative estimate of drug-likeness (QED) is 0.705. The molecule has 1 heterocycles. The molecule has 106 valence electrons. The molecule has 1 aromatic heterocycles. The first-order chi connectivity index (χ1) is 10.1. The molecule has 0 fully saturated rings. The van der Waals surface area contributed by atoms with Crippen molar-refractivity contribution in [3.63, 3.8) is 0 Å². The highest BCUT2D eigenvalue weighted by Crippen LogP contribution is 2.32. The molecule has 0 saturated heterocycles. The molecule has 5 nitrogen and oxygen atoms in total. The number of hydrogen-bond donors (Lipinski definition) is 1. The molecule has 0 aliphatic rings. The lowest BCUT2D eigenvalue weighted by Gasteiger charge is -2.10. The Morgan fingerprint density at radius 1 is 1.24 bits per heavy atom. The number of halogens is 2. The van der Waals surface area contributed by atoms with Crippen molar-refractivity contribution in [1.29, 1.82) is 0 Å². The molecule has 0 saturated carbocycles. The number of benzene rings is 2. The van der Waals surface area contributed by atoms with Gasteiger partial charge < -0.3 is 5.73 Å². The molecule has 3 rings (SSSR count). The maximum Gasteiger partial charge on any atom is 0.188 e. The van der Waals surface area contributed by atoms with Crippen LogP contribution < -0.4 is 5.73 Å². The first-order valence-electron chi connectivity index (χ1n) is 6.17. The van der Waals surface area contributed by atoms with E-state index < -0.39 is 0 Å². The zero-order chi connectivity index (χ0) is 15.0. The largest absolute Gasteiger partial charge is 0.398 e. The molecule has 0 bridgehead atoms. The highest BCUT2D eigenvalue weighted by molar-refractivity contribution is 9.10. The van der Waals surface area contributed by atoms with E-state index in [9.17, 15) is 0 Å². The lowest BCUT2D eigenvalue weighted by atomic mass is 10.1. The normalized spacial score (nSPS) is 10.8. The number of nitrogen functional groups attached to an aromatic ring is 1. The number of anilines is 1. The van der Waals surface area contributed by atoms with Gasteiger partial charge in [-0.25, -0.2) is 0 Å². The van der Waals surface area contributed by atoms with Gasteiger partial charge in [0.05, 0.1) is 10.2 Å². The Hall–Kier alpha value is -1.92. The zero-order valence-electron chi connectivity index (χ0n) is 11.1. The third kappa shape index (κ3) is 2.52. The lowest BCUT2D eigenvalue weighted by molar-refractivity contribution is 0.787. The first-order valence-corrected chi connectivity index (χ1v) is 7.34. The second kappa shape index (κ2) is 5.46. The van der Waals surface area contributed by atoms with Crippen LogP contribution in [0.1, 0.15) is 5.56 Å². The monoisotopic (exact) mass is 363 g/mol. The van der Waals surface area contributed by atoms with Crippen LogP contribution in [0.5, 0.6) is 0 Å². The average molecular weight is 365 g/mol. The van der Waals surface area contributed by atoms with Crippen LogP contribution in [0.2, 0.25) is 5.02 Å². The van der Waals surface area contributed by atoms with Crippen molar-refractivity contribution < 1.29 is 0 Å². The van der Waals surface area contributed by atoms with E-state index in [0.29, 0.717) is 16.5 Å². The van der Waals surface area contributed by atoms with Gasteiger partial charge >= 0.3 is 0 Å². The number of tetrazole rings is 1. The number of nitrogens with two attached hydrogens (primary N) is 1. The van der Waals surface area contributed by atoms with Gasteiger partial charge in [0.2, 0.25) is 0 Å². The predicted molar refractivity (Wildman–Crippen MR) is 86.4 cm³/mol. The van der Waals surface area contributed by atoms with E-state index in [1.807, 2.05) is 43.3 Å². The number of rotatable bonds is 2. The summed E-state index contributed by atoms with van der Waals surface area (Å²) >= 11 is 9.56. The summed E-state index contributed by atoms with van der Waals surface area (Å²) in [5.41, 5.74) is 9.22. The molecule has 0 atom stereocenters. The van der Waals surface area contributed by atoms with Gasteiger partial charge in [-0.3, -0.25) is 0 Å². The number of aryl methyl sites for hydroxylation is 1. The van der Waals surface area contributed by atoms with Crippen LogP contribution in [-0.4, -0.2) is 20.2 Å². The molecule has 7 heteroatoms. The number of aromatic nitrogens is 4. The van der Waals surface area contributed by atoms with Crippen molar-refractivity contribution in [3.05, 3.63) is 51.5 Å². The zero-order valence-corrected chi connectivity index (χ0v) is 13.4. The van der Waals surface area contributed by atoms with Crippen molar-refractivity contribution in [2.75, 3.05) is 5.73 Å². The second-order valence-electron chi connectivity index (χ2n) is 4.55. The summed E-state index contributed by atoms with van der Waals surface area (Å²) in [5, 5.41) is 12.6. The van der Waals surface area contributed by atoms with E-state index in [-0.39, 0.29) is 0 Å². The van der Waals surface area contributed by atoms with Gasteiger partial charge in [0.25, 0.3) is 0 Å².